The molecule has 0 aliphatic carbocycles. The van der Waals surface area contributed by atoms with Gasteiger partial charge in [-0.2, -0.15) is 0 Å². The molecule has 2 amide bonds. The summed E-state index contributed by atoms with van der Waals surface area (Å²) in [5.74, 6) is -0.415. The maximum Gasteiger partial charge on any atom is 0.232 e. The maximum absolute atomic E-state index is 11.8. The number of benzene rings is 1. The zero-order valence-corrected chi connectivity index (χ0v) is 11.0. The molecule has 0 aromatic heterocycles. The summed E-state index contributed by atoms with van der Waals surface area (Å²) in [6, 6.07) is 5.41. The first-order valence-corrected chi connectivity index (χ1v) is 6.16. The van der Waals surface area contributed by atoms with Crippen molar-refractivity contribution in [3.8, 4) is 0 Å². The number of nitrogens with two attached hydrogens (primary N) is 1. The van der Waals surface area contributed by atoms with Crippen LogP contribution >= 0.6 is 15.9 Å². The quantitative estimate of drug-likeness (QED) is 0.670. The van der Waals surface area contributed by atoms with E-state index in [2.05, 4.69) is 15.9 Å². The van der Waals surface area contributed by atoms with E-state index in [1.165, 1.54) is 4.90 Å². The number of carbonyl (C=O) groups is 2. The largest absolute Gasteiger partial charge is 0.399 e. The van der Waals surface area contributed by atoms with Crippen molar-refractivity contribution in [1.29, 1.82) is 0 Å². The maximum atomic E-state index is 11.8. The van der Waals surface area contributed by atoms with Crippen molar-refractivity contribution in [1.82, 2.24) is 4.90 Å². The topological polar surface area (TPSA) is 63.4 Å². The highest BCUT2D eigenvalue weighted by Gasteiger charge is 2.35. The summed E-state index contributed by atoms with van der Waals surface area (Å²) in [7, 11) is 0. The van der Waals surface area contributed by atoms with Crippen molar-refractivity contribution in [3.05, 3.63) is 28.2 Å². The Labute approximate surface area is 108 Å². The second kappa shape index (κ2) is 4.49. The van der Waals surface area contributed by atoms with E-state index in [0.717, 1.165) is 10.0 Å². The molecule has 0 radical (unpaired) electrons. The molecule has 1 aromatic rings. The fraction of sp³-hybridized carbons (Fsp3) is 0.333. The summed E-state index contributed by atoms with van der Waals surface area (Å²) >= 11 is 3.34. The third kappa shape index (κ3) is 2.49. The number of amides is 2. The summed E-state index contributed by atoms with van der Waals surface area (Å²) < 4.78 is 0.847. The molecule has 4 nitrogen and oxygen atoms in total. The minimum absolute atomic E-state index is 0.103. The van der Waals surface area contributed by atoms with Crippen molar-refractivity contribution in [2.75, 3.05) is 5.73 Å². The Morgan fingerprint density at radius 2 is 2.12 bits per heavy atom. The van der Waals surface area contributed by atoms with Crippen molar-refractivity contribution in [3.63, 3.8) is 0 Å². The smallest absolute Gasteiger partial charge is 0.232 e. The summed E-state index contributed by atoms with van der Waals surface area (Å²) in [5.41, 5.74) is 7.18. The Bertz CT molecular complexity index is 467. The molecule has 5 heteroatoms. The van der Waals surface area contributed by atoms with Crippen molar-refractivity contribution in [2.45, 2.75) is 19.9 Å². The number of hydrogen-bond acceptors (Lipinski definition) is 3. The van der Waals surface area contributed by atoms with Gasteiger partial charge in [0.15, 0.2) is 0 Å². The van der Waals surface area contributed by atoms with E-state index >= 15 is 0 Å². The van der Waals surface area contributed by atoms with Crippen LogP contribution in [0.2, 0.25) is 0 Å². The summed E-state index contributed by atoms with van der Waals surface area (Å²) in [6.45, 7) is 2.07. The zero-order valence-electron chi connectivity index (χ0n) is 9.44. The first-order chi connectivity index (χ1) is 7.97. The number of imide groups is 1. The van der Waals surface area contributed by atoms with Crippen LogP contribution in [0.5, 0.6) is 0 Å². The monoisotopic (exact) mass is 296 g/mol. The minimum Gasteiger partial charge on any atom is -0.399 e. The Kier molecular flexibility index (Phi) is 3.19. The standard InChI is InChI=1S/C12H13BrN2O2/c1-7-2-11(16)15(12(7)17)6-8-3-9(13)5-10(14)4-8/h3-5,7H,2,6,14H2,1H3. The van der Waals surface area contributed by atoms with Crippen LogP contribution in [0, 0.1) is 5.92 Å². The average Bonchev–Trinajstić information content (AvgIpc) is 2.44. The van der Waals surface area contributed by atoms with E-state index in [4.69, 9.17) is 5.73 Å². The van der Waals surface area contributed by atoms with Gasteiger partial charge < -0.3 is 5.73 Å². The molecule has 1 unspecified atom stereocenters. The van der Waals surface area contributed by atoms with Crippen molar-refractivity contribution in [2.24, 2.45) is 5.92 Å². The highest BCUT2D eigenvalue weighted by atomic mass is 79.9. The van der Waals surface area contributed by atoms with Gasteiger partial charge in [-0.15, -0.1) is 0 Å². The fourth-order valence-electron chi connectivity index (χ4n) is 1.96. The summed E-state index contributed by atoms with van der Waals surface area (Å²) in [6.07, 6.45) is 0.308. The van der Waals surface area contributed by atoms with Gasteiger partial charge in [-0.25, -0.2) is 0 Å². The molecular weight excluding hydrogens is 284 g/mol. The van der Waals surface area contributed by atoms with Gasteiger partial charge in [-0.3, -0.25) is 14.5 Å². The average molecular weight is 297 g/mol. The first kappa shape index (κ1) is 12.1. The van der Waals surface area contributed by atoms with Crippen LogP contribution in [0.4, 0.5) is 5.69 Å². The lowest BCUT2D eigenvalue weighted by Crippen LogP contribution is -2.29. The molecule has 1 heterocycles. The van der Waals surface area contributed by atoms with Gasteiger partial charge in [0.1, 0.15) is 0 Å². The Morgan fingerprint density at radius 1 is 1.41 bits per heavy atom. The highest BCUT2D eigenvalue weighted by Crippen LogP contribution is 2.23. The second-order valence-electron chi connectivity index (χ2n) is 4.32. The number of carbonyl (C=O) groups excluding carboxylic acids is 2. The molecule has 2 N–H and O–H groups in total. The number of likely N-dealkylation sites (tertiary alicyclic amines) is 1. The molecule has 1 aliphatic heterocycles. The van der Waals surface area contributed by atoms with E-state index in [9.17, 15) is 9.59 Å². The van der Waals surface area contributed by atoms with Gasteiger partial charge in [0.2, 0.25) is 11.8 Å². The predicted octanol–water partition coefficient (Wildman–Crippen LogP) is 1.93. The predicted molar refractivity (Wildman–Crippen MR) is 67.9 cm³/mol. The SMILES string of the molecule is CC1CC(=O)N(Cc2cc(N)cc(Br)c2)C1=O. The van der Waals surface area contributed by atoms with Crippen LogP contribution in [0.1, 0.15) is 18.9 Å². The molecule has 1 saturated heterocycles. The lowest BCUT2D eigenvalue weighted by molar-refractivity contribution is -0.139. The molecule has 17 heavy (non-hydrogen) atoms. The number of nitrogens with zero attached hydrogens (tertiary/aromatic N) is 1. The molecule has 2 rings (SSSR count). The number of anilines is 1. The number of halogens is 1. The third-order valence-electron chi connectivity index (χ3n) is 2.79. The molecular formula is C12H13BrN2O2. The first-order valence-electron chi connectivity index (χ1n) is 5.36. The molecule has 1 aromatic carbocycles. The second-order valence-corrected chi connectivity index (χ2v) is 5.23. The van der Waals surface area contributed by atoms with Crippen LogP contribution in [-0.2, 0) is 16.1 Å². The van der Waals surface area contributed by atoms with Gasteiger partial charge in [-0.05, 0) is 23.8 Å². The lowest BCUT2D eigenvalue weighted by atomic mass is 10.1. The molecule has 0 saturated carbocycles. The molecule has 1 aliphatic rings. The van der Waals surface area contributed by atoms with E-state index in [1.807, 2.05) is 6.07 Å². The minimum atomic E-state index is -0.202. The van der Waals surface area contributed by atoms with Crippen molar-refractivity contribution >= 4 is 33.4 Å². The summed E-state index contributed by atoms with van der Waals surface area (Å²) in [5, 5.41) is 0. The van der Waals surface area contributed by atoms with Crippen LogP contribution in [0.25, 0.3) is 0 Å². The molecule has 1 fully saturated rings. The number of rotatable bonds is 2. The lowest BCUT2D eigenvalue weighted by Gasteiger charge is -2.15. The summed E-state index contributed by atoms with van der Waals surface area (Å²) in [4.78, 5) is 24.7. The van der Waals surface area contributed by atoms with E-state index in [0.29, 0.717) is 18.7 Å². The number of hydrogen-bond donors (Lipinski definition) is 1. The Hall–Kier alpha value is -1.36. The van der Waals surface area contributed by atoms with E-state index in [-0.39, 0.29) is 17.7 Å². The van der Waals surface area contributed by atoms with Crippen LogP contribution in [-0.4, -0.2) is 16.7 Å². The van der Waals surface area contributed by atoms with Crippen molar-refractivity contribution < 1.29 is 9.59 Å². The molecule has 0 bridgehead atoms. The highest BCUT2D eigenvalue weighted by molar-refractivity contribution is 9.10. The molecule has 90 valence electrons. The van der Waals surface area contributed by atoms with Crippen LogP contribution in [0.15, 0.2) is 22.7 Å². The molecule has 0 spiro atoms. The van der Waals surface area contributed by atoms with E-state index in [1.54, 1.807) is 19.1 Å². The van der Waals surface area contributed by atoms with Crippen LogP contribution < -0.4 is 5.73 Å². The van der Waals surface area contributed by atoms with E-state index < -0.39 is 0 Å². The zero-order chi connectivity index (χ0) is 12.6. The Morgan fingerprint density at radius 3 is 2.65 bits per heavy atom. The molecule has 1 atom stereocenters. The Balaban J connectivity index is 2.21. The number of nitrogen functional groups attached to an aromatic ring is 1. The third-order valence-corrected chi connectivity index (χ3v) is 3.25. The van der Waals surface area contributed by atoms with Gasteiger partial charge in [0, 0.05) is 22.5 Å². The van der Waals surface area contributed by atoms with Gasteiger partial charge >= 0.3 is 0 Å². The van der Waals surface area contributed by atoms with Crippen LogP contribution in [0.3, 0.4) is 0 Å². The normalized spacial score (nSPS) is 20.1. The van der Waals surface area contributed by atoms with Gasteiger partial charge in [0.25, 0.3) is 0 Å². The fourth-order valence-corrected chi connectivity index (χ4v) is 2.52. The van der Waals surface area contributed by atoms with Gasteiger partial charge in [0.05, 0.1) is 6.54 Å². The van der Waals surface area contributed by atoms with Gasteiger partial charge in [-0.1, -0.05) is 22.9 Å².